The lowest BCUT2D eigenvalue weighted by atomic mass is 10.1. The zero-order valence-corrected chi connectivity index (χ0v) is 10.2. The van der Waals surface area contributed by atoms with Gasteiger partial charge in [0.2, 0.25) is 5.91 Å². The zero-order valence-electron chi connectivity index (χ0n) is 9.39. The van der Waals surface area contributed by atoms with Crippen molar-refractivity contribution in [2.45, 2.75) is 19.4 Å². The molecule has 0 saturated carbocycles. The summed E-state index contributed by atoms with van der Waals surface area (Å²) in [5, 5.41) is 9.86. The Labute approximate surface area is 103 Å². The van der Waals surface area contributed by atoms with Crippen LogP contribution in [-0.4, -0.2) is 35.8 Å². The summed E-state index contributed by atoms with van der Waals surface area (Å²) in [6.45, 7) is 1.97. The number of aliphatic hydroxyl groups excluding tert-OH is 1. The van der Waals surface area contributed by atoms with Crippen LogP contribution in [-0.2, 0) is 22.6 Å². The fourth-order valence-corrected chi connectivity index (χ4v) is 3.29. The third-order valence-electron chi connectivity index (χ3n) is 3.18. The summed E-state index contributed by atoms with van der Waals surface area (Å²) in [6.07, 6.45) is 1.26. The first kappa shape index (κ1) is 11.1. The third kappa shape index (κ3) is 1.96. The molecule has 0 aromatic carbocycles. The normalized spacial score (nSPS) is 24.2. The Balaban J connectivity index is 1.84. The number of ether oxygens (including phenoxy) is 1. The number of thiazole rings is 1. The number of hydrogen-bond donors (Lipinski definition) is 1. The molecule has 1 atom stereocenters. The van der Waals surface area contributed by atoms with Crippen LogP contribution in [0.2, 0.25) is 0 Å². The first-order valence-corrected chi connectivity index (χ1v) is 6.57. The minimum Gasteiger partial charge on any atom is -0.396 e. The Morgan fingerprint density at radius 1 is 1.59 bits per heavy atom. The molecular formula is C11H14N2O3S. The van der Waals surface area contributed by atoms with E-state index in [1.807, 2.05) is 0 Å². The molecule has 1 amide bonds. The fourth-order valence-electron chi connectivity index (χ4n) is 2.22. The number of fused-ring (bicyclic) bond motifs is 1. The zero-order chi connectivity index (χ0) is 11.8. The summed E-state index contributed by atoms with van der Waals surface area (Å²) in [6, 6.07) is 0. The third-order valence-corrected chi connectivity index (χ3v) is 4.27. The number of aromatic nitrogens is 1. The Kier molecular flexibility index (Phi) is 2.85. The minimum absolute atomic E-state index is 0.0553. The molecule has 1 N–H and O–H groups in total. The van der Waals surface area contributed by atoms with Gasteiger partial charge in [-0.05, 0) is 0 Å². The van der Waals surface area contributed by atoms with Crippen molar-refractivity contribution in [1.29, 1.82) is 0 Å². The van der Waals surface area contributed by atoms with Crippen molar-refractivity contribution in [3.8, 4) is 0 Å². The number of rotatable bonds is 2. The second-order valence-corrected chi connectivity index (χ2v) is 5.49. The molecule has 1 unspecified atom stereocenters. The van der Waals surface area contributed by atoms with Gasteiger partial charge in [0.25, 0.3) is 0 Å². The average Bonchev–Trinajstić information content (AvgIpc) is 2.91. The van der Waals surface area contributed by atoms with Gasteiger partial charge in [0.1, 0.15) is 0 Å². The predicted molar refractivity (Wildman–Crippen MR) is 63.0 cm³/mol. The lowest BCUT2D eigenvalue weighted by molar-refractivity contribution is -0.117. The topological polar surface area (TPSA) is 62.7 Å². The van der Waals surface area contributed by atoms with Crippen molar-refractivity contribution in [2.75, 3.05) is 24.7 Å². The lowest BCUT2D eigenvalue weighted by Crippen LogP contribution is -2.24. The van der Waals surface area contributed by atoms with Crippen LogP contribution in [0.15, 0.2) is 0 Å². The van der Waals surface area contributed by atoms with Gasteiger partial charge in [-0.1, -0.05) is 11.3 Å². The van der Waals surface area contributed by atoms with Crippen LogP contribution >= 0.6 is 11.3 Å². The second kappa shape index (κ2) is 4.36. The van der Waals surface area contributed by atoms with Gasteiger partial charge in [0.05, 0.1) is 23.8 Å². The van der Waals surface area contributed by atoms with Crippen LogP contribution in [0.1, 0.15) is 17.0 Å². The van der Waals surface area contributed by atoms with Gasteiger partial charge in [-0.2, -0.15) is 0 Å². The maximum atomic E-state index is 11.8. The van der Waals surface area contributed by atoms with Crippen molar-refractivity contribution in [2.24, 2.45) is 5.92 Å². The van der Waals surface area contributed by atoms with E-state index < -0.39 is 0 Å². The average molecular weight is 254 g/mol. The number of nitrogens with zero attached hydrogens (tertiary/aromatic N) is 2. The maximum Gasteiger partial charge on any atom is 0.229 e. The molecule has 0 radical (unpaired) electrons. The molecule has 0 spiro atoms. The highest BCUT2D eigenvalue weighted by molar-refractivity contribution is 7.15. The Morgan fingerprint density at radius 3 is 3.18 bits per heavy atom. The second-order valence-electron chi connectivity index (χ2n) is 4.43. The molecule has 3 heterocycles. The maximum absolute atomic E-state index is 11.8. The summed E-state index contributed by atoms with van der Waals surface area (Å²) >= 11 is 1.54. The Morgan fingerprint density at radius 2 is 2.47 bits per heavy atom. The molecule has 1 aromatic heterocycles. The van der Waals surface area contributed by atoms with E-state index in [-0.39, 0.29) is 18.4 Å². The summed E-state index contributed by atoms with van der Waals surface area (Å²) in [5.41, 5.74) is 1.07. The standard InChI is InChI=1S/C11H14N2O3S/c14-5-7-3-10(15)13(4-7)11-12-8-1-2-16-6-9(8)17-11/h7,14H,1-6H2. The molecule has 1 fully saturated rings. The highest BCUT2D eigenvalue weighted by Crippen LogP contribution is 2.33. The van der Waals surface area contributed by atoms with Crippen LogP contribution < -0.4 is 4.90 Å². The minimum atomic E-state index is 0.0553. The molecule has 0 bridgehead atoms. The Hall–Kier alpha value is -0.980. The van der Waals surface area contributed by atoms with E-state index in [9.17, 15) is 4.79 Å². The number of aliphatic hydroxyl groups is 1. The SMILES string of the molecule is O=C1CC(CO)CN1c1nc2c(s1)COCC2. The van der Waals surface area contributed by atoms with Gasteiger partial charge in [-0.25, -0.2) is 4.98 Å². The van der Waals surface area contributed by atoms with Crippen LogP contribution in [0.5, 0.6) is 0 Å². The van der Waals surface area contributed by atoms with E-state index in [1.165, 1.54) is 11.3 Å². The molecule has 17 heavy (non-hydrogen) atoms. The molecule has 3 rings (SSSR count). The lowest BCUT2D eigenvalue weighted by Gasteiger charge is -2.11. The van der Waals surface area contributed by atoms with Crippen LogP contribution in [0.4, 0.5) is 5.13 Å². The molecule has 1 aromatic rings. The summed E-state index contributed by atoms with van der Waals surface area (Å²) < 4.78 is 5.37. The summed E-state index contributed by atoms with van der Waals surface area (Å²) in [7, 11) is 0. The summed E-state index contributed by atoms with van der Waals surface area (Å²) in [5.74, 6) is 0.121. The van der Waals surface area contributed by atoms with E-state index in [2.05, 4.69) is 4.98 Å². The van der Waals surface area contributed by atoms with Crippen LogP contribution in [0.3, 0.4) is 0 Å². The first-order chi connectivity index (χ1) is 8.28. The highest BCUT2D eigenvalue weighted by atomic mass is 32.1. The summed E-state index contributed by atoms with van der Waals surface area (Å²) in [4.78, 5) is 19.2. The van der Waals surface area contributed by atoms with E-state index in [4.69, 9.17) is 9.84 Å². The van der Waals surface area contributed by atoms with Crippen LogP contribution in [0.25, 0.3) is 0 Å². The highest BCUT2D eigenvalue weighted by Gasteiger charge is 2.32. The molecular weight excluding hydrogens is 240 g/mol. The van der Waals surface area contributed by atoms with E-state index in [0.717, 1.165) is 22.1 Å². The molecule has 1 saturated heterocycles. The number of amides is 1. The van der Waals surface area contributed by atoms with E-state index in [0.29, 0.717) is 26.2 Å². The Bertz CT molecular complexity index is 422. The molecule has 5 nitrogen and oxygen atoms in total. The van der Waals surface area contributed by atoms with Gasteiger partial charge in [0, 0.05) is 31.9 Å². The van der Waals surface area contributed by atoms with Crippen LogP contribution in [0, 0.1) is 5.92 Å². The van der Waals surface area contributed by atoms with E-state index in [1.54, 1.807) is 4.90 Å². The van der Waals surface area contributed by atoms with Gasteiger partial charge in [-0.3, -0.25) is 9.69 Å². The molecule has 0 aliphatic carbocycles. The van der Waals surface area contributed by atoms with Crippen molar-refractivity contribution < 1.29 is 14.6 Å². The van der Waals surface area contributed by atoms with Gasteiger partial charge >= 0.3 is 0 Å². The largest absolute Gasteiger partial charge is 0.396 e. The molecule has 2 aliphatic heterocycles. The molecule has 92 valence electrons. The van der Waals surface area contributed by atoms with Crippen molar-refractivity contribution in [3.63, 3.8) is 0 Å². The van der Waals surface area contributed by atoms with Crippen molar-refractivity contribution >= 4 is 22.4 Å². The van der Waals surface area contributed by atoms with E-state index >= 15 is 0 Å². The number of hydrogen-bond acceptors (Lipinski definition) is 5. The van der Waals surface area contributed by atoms with Crippen molar-refractivity contribution in [3.05, 3.63) is 10.6 Å². The number of carbonyl (C=O) groups excluding carboxylic acids is 1. The molecule has 2 aliphatic rings. The van der Waals surface area contributed by atoms with Gasteiger partial charge in [0.15, 0.2) is 5.13 Å². The number of anilines is 1. The first-order valence-electron chi connectivity index (χ1n) is 5.75. The van der Waals surface area contributed by atoms with Gasteiger partial charge in [-0.15, -0.1) is 0 Å². The predicted octanol–water partition coefficient (Wildman–Crippen LogP) is 0.561. The van der Waals surface area contributed by atoms with Gasteiger partial charge < -0.3 is 9.84 Å². The molecule has 6 heteroatoms. The smallest absolute Gasteiger partial charge is 0.229 e. The van der Waals surface area contributed by atoms with Crippen molar-refractivity contribution in [1.82, 2.24) is 4.98 Å². The fraction of sp³-hybridized carbons (Fsp3) is 0.636. The monoisotopic (exact) mass is 254 g/mol. The quantitative estimate of drug-likeness (QED) is 0.837. The number of carbonyl (C=O) groups is 1.